The summed E-state index contributed by atoms with van der Waals surface area (Å²) in [5.74, 6) is -0.332. The van der Waals surface area contributed by atoms with Crippen LogP contribution in [0.2, 0.25) is 0 Å². The first-order valence-corrected chi connectivity index (χ1v) is 10.5. The molecule has 1 unspecified atom stereocenters. The Hall–Kier alpha value is -2.71. The molecule has 8 heteroatoms. The summed E-state index contributed by atoms with van der Waals surface area (Å²) in [5.41, 5.74) is 0.822. The van der Waals surface area contributed by atoms with E-state index in [0.29, 0.717) is 32.7 Å². The molecule has 0 radical (unpaired) electrons. The van der Waals surface area contributed by atoms with Gasteiger partial charge in [0, 0.05) is 37.6 Å². The van der Waals surface area contributed by atoms with Crippen LogP contribution in [0, 0.1) is 6.92 Å². The maximum atomic E-state index is 12.9. The molecule has 0 saturated carbocycles. The molecule has 1 atom stereocenters. The minimum atomic E-state index is -0.583. The number of rotatable bonds is 5. The molecule has 4 amide bonds. The molecule has 3 rings (SSSR count). The Balaban J connectivity index is 1.70. The number of carbonyl (C=O) groups excluding carboxylic acids is 3. The van der Waals surface area contributed by atoms with Gasteiger partial charge in [0.15, 0.2) is 0 Å². The van der Waals surface area contributed by atoms with Crippen LogP contribution < -0.4 is 10.6 Å². The summed E-state index contributed by atoms with van der Waals surface area (Å²) in [6.07, 6.45) is 0. The molecule has 1 fully saturated rings. The summed E-state index contributed by atoms with van der Waals surface area (Å²) in [6, 6.07) is 12.1. The summed E-state index contributed by atoms with van der Waals surface area (Å²) in [4.78, 5) is 43.1. The zero-order valence-electron chi connectivity index (χ0n) is 16.7. The van der Waals surface area contributed by atoms with Crippen molar-refractivity contribution in [3.05, 3.63) is 57.8 Å². The highest BCUT2D eigenvalue weighted by molar-refractivity contribution is 7.13. The number of thiophene rings is 1. The van der Waals surface area contributed by atoms with E-state index in [1.165, 1.54) is 11.3 Å². The van der Waals surface area contributed by atoms with E-state index in [4.69, 9.17) is 0 Å². The van der Waals surface area contributed by atoms with E-state index in [-0.39, 0.29) is 11.8 Å². The van der Waals surface area contributed by atoms with Gasteiger partial charge in [0.1, 0.15) is 6.04 Å². The summed E-state index contributed by atoms with van der Waals surface area (Å²) >= 11 is 1.50. The molecule has 1 aromatic heterocycles. The third-order valence-corrected chi connectivity index (χ3v) is 5.84. The van der Waals surface area contributed by atoms with Crippen LogP contribution in [0.25, 0.3) is 0 Å². The molecule has 1 aromatic carbocycles. The van der Waals surface area contributed by atoms with Crippen LogP contribution in [0.1, 0.15) is 33.1 Å². The van der Waals surface area contributed by atoms with Crippen LogP contribution in [0.15, 0.2) is 42.5 Å². The Kier molecular flexibility index (Phi) is 7.00. The summed E-state index contributed by atoms with van der Waals surface area (Å²) in [5, 5.41) is 5.02. The SMILES string of the molecule is CCNC(=O)NC(=O)C(c1ccccc1)N1CCN(C(=O)c2ccc(C)s2)CC1. The fraction of sp³-hybridized carbons (Fsp3) is 0.381. The van der Waals surface area contributed by atoms with Gasteiger partial charge in [-0.3, -0.25) is 19.8 Å². The monoisotopic (exact) mass is 414 g/mol. The van der Waals surface area contributed by atoms with E-state index in [0.717, 1.165) is 15.3 Å². The Morgan fingerprint density at radius 1 is 1.03 bits per heavy atom. The smallest absolute Gasteiger partial charge is 0.321 e. The molecule has 0 bridgehead atoms. The molecule has 2 aromatic rings. The molecule has 154 valence electrons. The largest absolute Gasteiger partial charge is 0.338 e. The maximum absolute atomic E-state index is 12.9. The molecule has 29 heavy (non-hydrogen) atoms. The lowest BCUT2D eigenvalue weighted by Crippen LogP contribution is -2.53. The molecule has 1 aliphatic heterocycles. The Morgan fingerprint density at radius 2 is 1.72 bits per heavy atom. The molecule has 0 spiro atoms. The van der Waals surface area contributed by atoms with E-state index in [1.54, 1.807) is 6.92 Å². The van der Waals surface area contributed by atoms with Crippen LogP contribution in [-0.2, 0) is 4.79 Å². The lowest BCUT2D eigenvalue weighted by atomic mass is 10.0. The first-order valence-electron chi connectivity index (χ1n) is 9.73. The number of carbonyl (C=O) groups is 3. The molecule has 1 saturated heterocycles. The normalized spacial score (nSPS) is 15.6. The third kappa shape index (κ3) is 5.21. The van der Waals surface area contributed by atoms with E-state index < -0.39 is 12.1 Å². The van der Waals surface area contributed by atoms with Gasteiger partial charge in [-0.2, -0.15) is 0 Å². The van der Waals surface area contributed by atoms with Gasteiger partial charge in [0.05, 0.1) is 4.88 Å². The number of piperazine rings is 1. The maximum Gasteiger partial charge on any atom is 0.321 e. The number of imide groups is 1. The van der Waals surface area contributed by atoms with Crippen molar-refractivity contribution in [2.45, 2.75) is 19.9 Å². The second-order valence-electron chi connectivity index (χ2n) is 6.90. The predicted octanol–water partition coefficient (Wildman–Crippen LogP) is 2.40. The Bertz CT molecular complexity index is 860. The van der Waals surface area contributed by atoms with Gasteiger partial charge in [-0.25, -0.2) is 4.79 Å². The van der Waals surface area contributed by atoms with Crippen molar-refractivity contribution < 1.29 is 14.4 Å². The van der Waals surface area contributed by atoms with Gasteiger partial charge < -0.3 is 10.2 Å². The number of nitrogens with zero attached hydrogens (tertiary/aromatic N) is 2. The standard InChI is InChI=1S/C21H26N4O3S/c1-3-22-21(28)23-19(26)18(16-7-5-4-6-8-16)24-11-13-25(14-12-24)20(27)17-10-9-15(2)29-17/h4-10,18H,3,11-14H2,1-2H3,(H2,22,23,26,28). The van der Waals surface area contributed by atoms with E-state index in [2.05, 4.69) is 10.6 Å². The van der Waals surface area contributed by atoms with Crippen molar-refractivity contribution in [1.29, 1.82) is 0 Å². The Labute approximate surface area is 174 Å². The first-order chi connectivity index (χ1) is 14.0. The van der Waals surface area contributed by atoms with E-state index in [1.807, 2.05) is 59.2 Å². The van der Waals surface area contributed by atoms with E-state index >= 15 is 0 Å². The molecule has 2 N–H and O–H groups in total. The molecule has 1 aliphatic rings. The number of nitrogens with one attached hydrogen (secondary N) is 2. The van der Waals surface area contributed by atoms with Crippen LogP contribution in [0.4, 0.5) is 4.79 Å². The second kappa shape index (κ2) is 9.67. The highest BCUT2D eigenvalue weighted by atomic mass is 32.1. The van der Waals surface area contributed by atoms with Crippen molar-refractivity contribution in [3.8, 4) is 0 Å². The molecular weight excluding hydrogens is 388 g/mol. The van der Waals surface area contributed by atoms with Gasteiger partial charge >= 0.3 is 6.03 Å². The highest BCUT2D eigenvalue weighted by Gasteiger charge is 2.32. The first kappa shape index (κ1) is 21.0. The van der Waals surface area contributed by atoms with Crippen LogP contribution in [-0.4, -0.2) is 60.4 Å². The van der Waals surface area contributed by atoms with Gasteiger partial charge in [0.25, 0.3) is 5.91 Å². The van der Waals surface area contributed by atoms with Crippen molar-refractivity contribution >= 4 is 29.2 Å². The van der Waals surface area contributed by atoms with Crippen LogP contribution >= 0.6 is 11.3 Å². The van der Waals surface area contributed by atoms with Gasteiger partial charge in [0.2, 0.25) is 5.91 Å². The third-order valence-electron chi connectivity index (χ3n) is 4.86. The van der Waals surface area contributed by atoms with Crippen molar-refractivity contribution in [1.82, 2.24) is 20.4 Å². The number of urea groups is 1. The van der Waals surface area contributed by atoms with E-state index in [9.17, 15) is 14.4 Å². The fourth-order valence-electron chi connectivity index (χ4n) is 3.44. The summed E-state index contributed by atoms with van der Waals surface area (Å²) < 4.78 is 0. The fourth-order valence-corrected chi connectivity index (χ4v) is 4.27. The molecule has 0 aliphatic carbocycles. The van der Waals surface area contributed by atoms with Crippen LogP contribution in [0.3, 0.4) is 0 Å². The highest BCUT2D eigenvalue weighted by Crippen LogP contribution is 2.24. The van der Waals surface area contributed by atoms with Crippen LogP contribution in [0.5, 0.6) is 0 Å². The molecule has 2 heterocycles. The Morgan fingerprint density at radius 3 is 2.31 bits per heavy atom. The van der Waals surface area contributed by atoms with Crippen molar-refractivity contribution in [3.63, 3.8) is 0 Å². The topological polar surface area (TPSA) is 81.8 Å². The lowest BCUT2D eigenvalue weighted by molar-refractivity contribution is -0.126. The predicted molar refractivity (Wildman–Crippen MR) is 113 cm³/mol. The summed E-state index contributed by atoms with van der Waals surface area (Å²) in [7, 11) is 0. The zero-order chi connectivity index (χ0) is 20.8. The average molecular weight is 415 g/mol. The molecule has 7 nitrogen and oxygen atoms in total. The molecular formula is C21H26N4O3S. The summed E-state index contributed by atoms with van der Waals surface area (Å²) in [6.45, 7) is 6.40. The zero-order valence-corrected chi connectivity index (χ0v) is 17.5. The number of hydrogen-bond acceptors (Lipinski definition) is 5. The number of benzene rings is 1. The van der Waals surface area contributed by atoms with Gasteiger partial charge in [-0.15, -0.1) is 11.3 Å². The average Bonchev–Trinajstić information content (AvgIpc) is 3.15. The second-order valence-corrected chi connectivity index (χ2v) is 8.19. The van der Waals surface area contributed by atoms with Gasteiger partial charge in [-0.05, 0) is 31.5 Å². The minimum Gasteiger partial charge on any atom is -0.338 e. The van der Waals surface area contributed by atoms with Gasteiger partial charge in [-0.1, -0.05) is 30.3 Å². The number of hydrogen-bond donors (Lipinski definition) is 2. The quantitative estimate of drug-likeness (QED) is 0.787. The number of aryl methyl sites for hydroxylation is 1. The van der Waals surface area contributed by atoms with Crippen molar-refractivity contribution in [2.75, 3.05) is 32.7 Å². The minimum absolute atomic E-state index is 0.0331. The number of amides is 4. The van der Waals surface area contributed by atoms with Crippen molar-refractivity contribution in [2.24, 2.45) is 0 Å². The lowest BCUT2D eigenvalue weighted by Gasteiger charge is -2.38.